The van der Waals surface area contributed by atoms with Crippen LogP contribution < -0.4 is 11.1 Å². The van der Waals surface area contributed by atoms with Gasteiger partial charge in [-0.1, -0.05) is 0 Å². The van der Waals surface area contributed by atoms with Crippen LogP contribution >= 0.6 is 15.9 Å². The van der Waals surface area contributed by atoms with Crippen LogP contribution in [0.3, 0.4) is 0 Å². The summed E-state index contributed by atoms with van der Waals surface area (Å²) in [7, 11) is 0. The zero-order chi connectivity index (χ0) is 12.3. The van der Waals surface area contributed by atoms with Crippen LogP contribution in [-0.4, -0.2) is 4.98 Å². The maximum atomic E-state index is 8.76. The van der Waals surface area contributed by atoms with Gasteiger partial charge >= 0.3 is 0 Å². The summed E-state index contributed by atoms with van der Waals surface area (Å²) in [6, 6.07) is 10.9. The molecule has 0 aliphatic heterocycles. The molecule has 0 spiro atoms. The monoisotopic (exact) mass is 288 g/mol. The largest absolute Gasteiger partial charge is 0.397 e. The highest BCUT2D eigenvalue weighted by Crippen LogP contribution is 2.26. The number of rotatable bonds is 2. The number of hydrogen-bond donors (Lipinski definition) is 2. The molecule has 0 radical (unpaired) electrons. The van der Waals surface area contributed by atoms with Crippen molar-refractivity contribution in [3.63, 3.8) is 0 Å². The first kappa shape index (κ1) is 11.4. The molecule has 1 aromatic carbocycles. The fourth-order valence-electron chi connectivity index (χ4n) is 1.30. The molecule has 0 aliphatic carbocycles. The van der Waals surface area contributed by atoms with Crippen molar-refractivity contribution in [2.24, 2.45) is 0 Å². The van der Waals surface area contributed by atoms with E-state index in [0.717, 1.165) is 10.2 Å². The molecule has 0 atom stereocenters. The molecule has 0 unspecified atom stereocenters. The van der Waals surface area contributed by atoms with Gasteiger partial charge in [-0.3, -0.25) is 0 Å². The van der Waals surface area contributed by atoms with Gasteiger partial charge in [0.15, 0.2) is 0 Å². The van der Waals surface area contributed by atoms with Crippen LogP contribution in [-0.2, 0) is 0 Å². The van der Waals surface area contributed by atoms with Gasteiger partial charge in [-0.15, -0.1) is 0 Å². The molecule has 0 aliphatic rings. The van der Waals surface area contributed by atoms with Crippen molar-refractivity contribution in [1.29, 1.82) is 5.26 Å². The summed E-state index contributed by atoms with van der Waals surface area (Å²) >= 11 is 3.39. The van der Waals surface area contributed by atoms with Crippen molar-refractivity contribution < 1.29 is 0 Å². The molecule has 0 fully saturated rings. The molecule has 4 nitrogen and oxygen atoms in total. The lowest BCUT2D eigenvalue weighted by Crippen LogP contribution is -1.95. The van der Waals surface area contributed by atoms with Gasteiger partial charge < -0.3 is 11.1 Å². The summed E-state index contributed by atoms with van der Waals surface area (Å²) < 4.78 is 0.815. The van der Waals surface area contributed by atoms with Gasteiger partial charge in [-0.05, 0) is 46.3 Å². The molecule has 2 rings (SSSR count). The van der Waals surface area contributed by atoms with E-state index in [0.29, 0.717) is 17.1 Å². The highest BCUT2D eigenvalue weighted by molar-refractivity contribution is 9.10. The summed E-state index contributed by atoms with van der Waals surface area (Å²) in [5.41, 5.74) is 7.62. The molecule has 1 aromatic heterocycles. The lowest BCUT2D eigenvalue weighted by atomic mass is 10.2. The Labute approximate surface area is 107 Å². The second-order valence-electron chi connectivity index (χ2n) is 3.41. The molecular formula is C12H9BrN4. The Morgan fingerprint density at radius 3 is 2.71 bits per heavy atom. The van der Waals surface area contributed by atoms with Gasteiger partial charge in [0.05, 0.1) is 29.2 Å². The van der Waals surface area contributed by atoms with Crippen molar-refractivity contribution in [1.82, 2.24) is 4.98 Å². The van der Waals surface area contributed by atoms with Crippen molar-refractivity contribution in [3.05, 3.63) is 46.6 Å². The highest BCUT2D eigenvalue weighted by Gasteiger charge is 2.02. The number of anilines is 3. The van der Waals surface area contributed by atoms with Gasteiger partial charge in [0.2, 0.25) is 0 Å². The third kappa shape index (κ3) is 2.74. The number of nitrogens with zero attached hydrogens (tertiary/aromatic N) is 2. The maximum absolute atomic E-state index is 8.76. The number of aromatic nitrogens is 1. The Kier molecular flexibility index (Phi) is 3.26. The minimum Gasteiger partial charge on any atom is -0.397 e. The van der Waals surface area contributed by atoms with Crippen LogP contribution in [0.2, 0.25) is 0 Å². The second-order valence-corrected chi connectivity index (χ2v) is 4.26. The lowest BCUT2D eigenvalue weighted by Gasteiger charge is -2.07. The number of nitriles is 1. The first-order valence-electron chi connectivity index (χ1n) is 4.87. The topological polar surface area (TPSA) is 74.7 Å². The first-order valence-corrected chi connectivity index (χ1v) is 5.66. The Morgan fingerprint density at radius 1 is 1.29 bits per heavy atom. The summed E-state index contributed by atoms with van der Waals surface area (Å²) in [4.78, 5) is 4.14. The van der Waals surface area contributed by atoms with Crippen LogP contribution in [0.15, 0.2) is 41.0 Å². The van der Waals surface area contributed by atoms with E-state index in [4.69, 9.17) is 11.0 Å². The summed E-state index contributed by atoms with van der Waals surface area (Å²) in [5, 5.41) is 11.9. The van der Waals surface area contributed by atoms with Crippen molar-refractivity contribution in [2.75, 3.05) is 11.1 Å². The van der Waals surface area contributed by atoms with Crippen molar-refractivity contribution >= 4 is 33.1 Å². The van der Waals surface area contributed by atoms with Crippen molar-refractivity contribution in [3.8, 4) is 6.07 Å². The SMILES string of the molecule is N#Cc1ccc(Nc2ccc(N)cn2)c(Br)c1. The normalized spacial score (nSPS) is 9.65. The Bertz CT molecular complexity index is 572. The third-order valence-corrected chi connectivity index (χ3v) is 2.80. The van der Waals surface area contributed by atoms with Gasteiger partial charge in [0.1, 0.15) is 5.82 Å². The number of nitrogens with one attached hydrogen (secondary N) is 1. The van der Waals surface area contributed by atoms with E-state index in [1.807, 2.05) is 6.07 Å². The molecule has 0 amide bonds. The number of benzene rings is 1. The van der Waals surface area contributed by atoms with Crippen molar-refractivity contribution in [2.45, 2.75) is 0 Å². The zero-order valence-corrected chi connectivity index (χ0v) is 10.4. The Hall–Kier alpha value is -2.06. The highest BCUT2D eigenvalue weighted by atomic mass is 79.9. The summed E-state index contributed by atoms with van der Waals surface area (Å²) in [6.45, 7) is 0. The van der Waals surface area contributed by atoms with Gasteiger partial charge in [0.25, 0.3) is 0 Å². The molecule has 5 heteroatoms. The van der Waals surface area contributed by atoms with E-state index in [1.54, 1.807) is 30.5 Å². The molecule has 0 saturated heterocycles. The third-order valence-electron chi connectivity index (χ3n) is 2.15. The number of nitrogens with two attached hydrogens (primary N) is 1. The van der Waals surface area contributed by atoms with Gasteiger partial charge in [-0.25, -0.2) is 4.98 Å². The number of halogens is 1. The lowest BCUT2D eigenvalue weighted by molar-refractivity contribution is 1.31. The molecule has 17 heavy (non-hydrogen) atoms. The molecular weight excluding hydrogens is 280 g/mol. The zero-order valence-electron chi connectivity index (χ0n) is 8.81. The van der Waals surface area contributed by atoms with Gasteiger partial charge in [-0.2, -0.15) is 5.26 Å². The number of nitrogen functional groups attached to an aromatic ring is 1. The van der Waals surface area contributed by atoms with E-state index in [9.17, 15) is 0 Å². The molecule has 1 heterocycles. The predicted octanol–water partition coefficient (Wildman–Crippen LogP) is 3.04. The fourth-order valence-corrected chi connectivity index (χ4v) is 1.78. The summed E-state index contributed by atoms with van der Waals surface area (Å²) in [5.74, 6) is 0.699. The van der Waals surface area contributed by atoms with Crippen LogP contribution in [0.5, 0.6) is 0 Å². The molecule has 0 saturated carbocycles. The molecule has 0 bridgehead atoms. The minimum absolute atomic E-state index is 0.604. The van der Waals surface area contributed by atoms with E-state index in [-0.39, 0.29) is 0 Å². The molecule has 84 valence electrons. The van der Waals surface area contributed by atoms with Gasteiger partial charge in [0, 0.05) is 4.47 Å². The predicted molar refractivity (Wildman–Crippen MR) is 70.8 cm³/mol. The van der Waals surface area contributed by atoms with Crippen LogP contribution in [0.25, 0.3) is 0 Å². The average Bonchev–Trinajstić information content (AvgIpc) is 2.34. The Balaban J connectivity index is 2.25. The second kappa shape index (κ2) is 4.85. The van der Waals surface area contributed by atoms with Crippen LogP contribution in [0.4, 0.5) is 17.2 Å². The summed E-state index contributed by atoms with van der Waals surface area (Å²) in [6.07, 6.45) is 1.58. The van der Waals surface area contributed by atoms with Crippen LogP contribution in [0, 0.1) is 11.3 Å². The van der Waals surface area contributed by atoms with E-state index >= 15 is 0 Å². The standard InChI is InChI=1S/C12H9BrN4/c13-10-5-8(6-14)1-3-11(10)17-12-4-2-9(15)7-16-12/h1-5,7H,15H2,(H,16,17). The fraction of sp³-hybridized carbons (Fsp3) is 0. The van der Waals surface area contributed by atoms with E-state index < -0.39 is 0 Å². The minimum atomic E-state index is 0.604. The molecule has 2 aromatic rings. The first-order chi connectivity index (χ1) is 8.19. The maximum Gasteiger partial charge on any atom is 0.130 e. The van der Waals surface area contributed by atoms with E-state index in [2.05, 4.69) is 32.3 Å². The van der Waals surface area contributed by atoms with Crippen LogP contribution in [0.1, 0.15) is 5.56 Å². The number of hydrogen-bond acceptors (Lipinski definition) is 4. The van der Waals surface area contributed by atoms with E-state index in [1.165, 1.54) is 0 Å². The molecule has 3 N–H and O–H groups in total. The smallest absolute Gasteiger partial charge is 0.130 e. The Morgan fingerprint density at radius 2 is 2.12 bits per heavy atom. The quantitative estimate of drug-likeness (QED) is 0.891. The average molecular weight is 289 g/mol. The number of pyridine rings is 1.